The van der Waals surface area contributed by atoms with E-state index in [4.69, 9.17) is 9.52 Å². The predicted octanol–water partition coefficient (Wildman–Crippen LogP) is 2.23. The maximum atomic E-state index is 10.4. The van der Waals surface area contributed by atoms with Gasteiger partial charge in [-0.25, -0.2) is 9.78 Å². The van der Waals surface area contributed by atoms with E-state index in [1.165, 1.54) is 0 Å². The third kappa shape index (κ3) is 1.52. The summed E-state index contributed by atoms with van der Waals surface area (Å²) in [6, 6.07) is 4.93. The van der Waals surface area contributed by atoms with Crippen LogP contribution in [0.5, 0.6) is 0 Å². The van der Waals surface area contributed by atoms with Gasteiger partial charge in [0.05, 0.1) is 0 Å². The Labute approximate surface area is 79.4 Å². The average Bonchev–Trinajstić information content (AvgIpc) is 2.42. The molecular formula is C9H8N2O3. The van der Waals surface area contributed by atoms with Crippen LogP contribution in [0.3, 0.4) is 0 Å². The van der Waals surface area contributed by atoms with Crippen LogP contribution in [0, 0.1) is 6.92 Å². The lowest BCUT2D eigenvalue weighted by Gasteiger charge is -1.98. The third-order valence-electron chi connectivity index (χ3n) is 1.75. The number of hydrogen-bond donors (Lipinski definition) is 2. The van der Waals surface area contributed by atoms with Crippen LogP contribution in [-0.4, -0.2) is 16.2 Å². The fourth-order valence-corrected chi connectivity index (χ4v) is 1.24. The van der Waals surface area contributed by atoms with Crippen molar-refractivity contribution in [1.29, 1.82) is 0 Å². The molecule has 0 aliphatic rings. The Morgan fingerprint density at radius 3 is 3.07 bits per heavy atom. The van der Waals surface area contributed by atoms with Crippen LogP contribution < -0.4 is 5.32 Å². The van der Waals surface area contributed by atoms with Gasteiger partial charge in [0.15, 0.2) is 11.5 Å². The normalized spacial score (nSPS) is 10.4. The molecule has 0 aliphatic heterocycles. The van der Waals surface area contributed by atoms with E-state index in [0.717, 1.165) is 0 Å². The van der Waals surface area contributed by atoms with Crippen LogP contribution in [-0.2, 0) is 0 Å². The first-order chi connectivity index (χ1) is 6.65. The molecule has 5 nitrogen and oxygen atoms in total. The molecule has 2 N–H and O–H groups in total. The molecule has 0 unspecified atom stereocenters. The van der Waals surface area contributed by atoms with Crippen molar-refractivity contribution in [2.75, 3.05) is 5.32 Å². The van der Waals surface area contributed by atoms with Crippen molar-refractivity contribution < 1.29 is 14.3 Å². The highest BCUT2D eigenvalue weighted by atomic mass is 16.4. The van der Waals surface area contributed by atoms with Gasteiger partial charge in [0, 0.05) is 12.6 Å². The van der Waals surface area contributed by atoms with E-state index < -0.39 is 6.09 Å². The smallest absolute Gasteiger partial charge is 0.409 e. The quantitative estimate of drug-likeness (QED) is 0.726. The van der Waals surface area contributed by atoms with E-state index in [-0.39, 0.29) is 0 Å². The number of amides is 1. The Hall–Kier alpha value is -2.04. The maximum absolute atomic E-state index is 10.4. The molecule has 0 aliphatic carbocycles. The first-order valence-electron chi connectivity index (χ1n) is 4.02. The molecule has 0 radical (unpaired) electrons. The lowest BCUT2D eigenvalue weighted by Crippen LogP contribution is -2.06. The van der Waals surface area contributed by atoms with Gasteiger partial charge < -0.3 is 9.52 Å². The summed E-state index contributed by atoms with van der Waals surface area (Å²) in [4.78, 5) is 14.4. The molecule has 5 heteroatoms. The van der Waals surface area contributed by atoms with Crippen molar-refractivity contribution in [3.05, 3.63) is 24.1 Å². The second-order valence-electron chi connectivity index (χ2n) is 2.85. The number of nitrogens with zero attached hydrogens (tertiary/aromatic N) is 1. The molecule has 14 heavy (non-hydrogen) atoms. The molecular weight excluding hydrogens is 184 g/mol. The number of nitrogens with one attached hydrogen (secondary N) is 1. The Morgan fingerprint density at radius 2 is 2.36 bits per heavy atom. The summed E-state index contributed by atoms with van der Waals surface area (Å²) in [5, 5.41) is 10.7. The van der Waals surface area contributed by atoms with Crippen molar-refractivity contribution in [3.8, 4) is 0 Å². The second kappa shape index (κ2) is 3.02. The number of oxazole rings is 1. The molecule has 2 rings (SSSR count). The molecule has 0 saturated carbocycles. The third-order valence-corrected chi connectivity index (χ3v) is 1.75. The lowest BCUT2D eigenvalue weighted by atomic mass is 10.3. The summed E-state index contributed by atoms with van der Waals surface area (Å²) in [6.45, 7) is 1.74. The van der Waals surface area contributed by atoms with E-state index in [1.54, 1.807) is 25.1 Å². The zero-order chi connectivity index (χ0) is 10.1. The number of hydrogen-bond acceptors (Lipinski definition) is 3. The first kappa shape index (κ1) is 8.55. The number of carboxylic acid groups (broad SMARTS) is 1. The van der Waals surface area contributed by atoms with Gasteiger partial charge in [0.1, 0.15) is 5.52 Å². The minimum atomic E-state index is -1.09. The largest absolute Gasteiger partial charge is 0.465 e. The molecule has 1 aromatic heterocycles. The van der Waals surface area contributed by atoms with E-state index >= 15 is 0 Å². The second-order valence-corrected chi connectivity index (χ2v) is 2.85. The van der Waals surface area contributed by atoms with Gasteiger partial charge in [-0.15, -0.1) is 0 Å². The van der Waals surface area contributed by atoms with Gasteiger partial charge in [-0.3, -0.25) is 5.32 Å². The first-order valence-corrected chi connectivity index (χ1v) is 4.02. The van der Waals surface area contributed by atoms with Crippen LogP contribution >= 0.6 is 0 Å². The highest BCUT2D eigenvalue weighted by molar-refractivity contribution is 5.86. The van der Waals surface area contributed by atoms with E-state index in [9.17, 15) is 4.79 Å². The van der Waals surface area contributed by atoms with Crippen molar-refractivity contribution in [1.82, 2.24) is 4.98 Å². The van der Waals surface area contributed by atoms with Gasteiger partial charge in [-0.2, -0.15) is 0 Å². The van der Waals surface area contributed by atoms with Gasteiger partial charge in [0.25, 0.3) is 0 Å². The number of benzene rings is 1. The molecule has 1 heterocycles. The van der Waals surface area contributed by atoms with Crippen LogP contribution in [0.15, 0.2) is 22.6 Å². The lowest BCUT2D eigenvalue weighted by molar-refractivity contribution is 0.210. The molecule has 0 fully saturated rings. The van der Waals surface area contributed by atoms with Gasteiger partial charge in [-0.05, 0) is 18.2 Å². The van der Waals surface area contributed by atoms with Crippen LogP contribution in [0.2, 0.25) is 0 Å². The Balaban J connectivity index is 2.45. The molecule has 0 spiro atoms. The summed E-state index contributed by atoms with van der Waals surface area (Å²) < 4.78 is 5.24. The maximum Gasteiger partial charge on any atom is 0.409 e. The molecule has 72 valence electrons. The molecule has 1 aromatic carbocycles. The van der Waals surface area contributed by atoms with E-state index in [1.807, 2.05) is 0 Å². The molecule has 0 bridgehead atoms. The Morgan fingerprint density at radius 1 is 1.57 bits per heavy atom. The van der Waals surface area contributed by atoms with Crippen molar-refractivity contribution >= 4 is 22.9 Å². The molecule has 2 aromatic rings. The van der Waals surface area contributed by atoms with Gasteiger partial charge >= 0.3 is 6.09 Å². The van der Waals surface area contributed by atoms with Crippen LogP contribution in [0.1, 0.15) is 5.89 Å². The zero-order valence-electron chi connectivity index (χ0n) is 7.44. The summed E-state index contributed by atoms with van der Waals surface area (Å²) >= 11 is 0. The molecule has 0 atom stereocenters. The minimum absolute atomic E-state index is 0.485. The number of rotatable bonds is 1. The van der Waals surface area contributed by atoms with Crippen LogP contribution in [0.25, 0.3) is 11.1 Å². The number of aryl methyl sites for hydroxylation is 1. The van der Waals surface area contributed by atoms with Crippen molar-refractivity contribution in [2.24, 2.45) is 0 Å². The van der Waals surface area contributed by atoms with Crippen molar-refractivity contribution in [3.63, 3.8) is 0 Å². The minimum Gasteiger partial charge on any atom is -0.465 e. The van der Waals surface area contributed by atoms with Gasteiger partial charge in [0.2, 0.25) is 0 Å². The Bertz CT molecular complexity index is 490. The highest BCUT2D eigenvalue weighted by Crippen LogP contribution is 2.19. The predicted molar refractivity (Wildman–Crippen MR) is 50.4 cm³/mol. The monoisotopic (exact) mass is 192 g/mol. The van der Waals surface area contributed by atoms with Crippen LogP contribution in [0.4, 0.5) is 10.5 Å². The number of carbonyl (C=O) groups is 1. The fraction of sp³-hybridized carbons (Fsp3) is 0.111. The average molecular weight is 192 g/mol. The van der Waals surface area contributed by atoms with E-state index in [2.05, 4.69) is 10.3 Å². The van der Waals surface area contributed by atoms with Gasteiger partial charge in [-0.1, -0.05) is 0 Å². The number of aromatic nitrogens is 1. The number of fused-ring (bicyclic) bond motifs is 1. The summed E-state index contributed by atoms with van der Waals surface area (Å²) in [6.07, 6.45) is -1.09. The van der Waals surface area contributed by atoms with E-state index in [0.29, 0.717) is 22.7 Å². The SMILES string of the molecule is Cc1nc2cc(NC(=O)O)ccc2o1. The zero-order valence-corrected chi connectivity index (χ0v) is 7.44. The topological polar surface area (TPSA) is 75.4 Å². The Kier molecular flexibility index (Phi) is 1.85. The summed E-state index contributed by atoms with van der Waals surface area (Å²) in [7, 11) is 0. The summed E-state index contributed by atoms with van der Waals surface area (Å²) in [5.74, 6) is 0.562. The fourth-order valence-electron chi connectivity index (χ4n) is 1.24. The molecule has 1 amide bonds. The number of anilines is 1. The highest BCUT2D eigenvalue weighted by Gasteiger charge is 2.04. The van der Waals surface area contributed by atoms with Crippen molar-refractivity contribution in [2.45, 2.75) is 6.92 Å². The standard InChI is InChI=1S/C9H8N2O3/c1-5-10-7-4-6(11-9(12)13)2-3-8(7)14-5/h2-4,11H,1H3,(H,12,13). The molecule has 0 saturated heterocycles. The summed E-state index contributed by atoms with van der Waals surface area (Å²) in [5.41, 5.74) is 1.78.